The molecule has 1 aliphatic heterocycles. The fraction of sp³-hybridized carbons (Fsp3) is 0.762. The molecule has 132 valence electrons. The summed E-state index contributed by atoms with van der Waals surface area (Å²) in [6.45, 7) is 4.18. The molecule has 1 unspecified atom stereocenters. The number of hydrogen-bond donors (Lipinski definition) is 0. The van der Waals surface area contributed by atoms with E-state index >= 15 is 0 Å². The van der Waals surface area contributed by atoms with Crippen molar-refractivity contribution in [1.82, 2.24) is 0 Å². The van der Waals surface area contributed by atoms with E-state index in [1.165, 1.54) is 64.2 Å². The van der Waals surface area contributed by atoms with Gasteiger partial charge in [-0.15, -0.1) is 0 Å². The third-order valence-electron chi connectivity index (χ3n) is 4.45. The maximum absolute atomic E-state index is 11.4. The number of carbonyl (C=O) groups is 1. The minimum absolute atomic E-state index is 0.0281. The molecule has 0 spiro atoms. The lowest BCUT2D eigenvalue weighted by molar-refractivity contribution is -0.139. The summed E-state index contributed by atoms with van der Waals surface area (Å²) in [5.41, 5.74) is 0.866. The van der Waals surface area contributed by atoms with Crippen LogP contribution in [0, 0.1) is 0 Å². The molecule has 0 aliphatic carbocycles. The summed E-state index contributed by atoms with van der Waals surface area (Å²) in [5.74, 6) is -0.115. The zero-order valence-corrected chi connectivity index (χ0v) is 15.3. The molecule has 0 amide bonds. The van der Waals surface area contributed by atoms with E-state index in [9.17, 15) is 4.79 Å². The van der Waals surface area contributed by atoms with Crippen molar-refractivity contribution in [3.63, 3.8) is 0 Å². The number of ether oxygens (including phenoxy) is 1. The van der Waals surface area contributed by atoms with Crippen LogP contribution in [-0.2, 0) is 9.53 Å². The molecule has 0 saturated carbocycles. The summed E-state index contributed by atoms with van der Waals surface area (Å²) < 4.78 is 5.09. The number of allylic oxidation sites excluding steroid dienone is 2. The molecule has 1 atom stereocenters. The van der Waals surface area contributed by atoms with Crippen LogP contribution in [-0.4, -0.2) is 12.1 Å². The molecule has 0 bridgehead atoms. The number of rotatable bonds is 14. The van der Waals surface area contributed by atoms with Gasteiger partial charge in [-0.3, -0.25) is 0 Å². The lowest BCUT2D eigenvalue weighted by Gasteiger charge is -2.00. The van der Waals surface area contributed by atoms with Gasteiger partial charge < -0.3 is 4.74 Å². The number of unbranched alkanes of at least 4 members (excludes halogenated alkanes) is 10. The van der Waals surface area contributed by atoms with Crippen LogP contribution in [0.5, 0.6) is 0 Å². The largest absolute Gasteiger partial charge is 0.455 e. The summed E-state index contributed by atoms with van der Waals surface area (Å²) in [6.07, 6.45) is 23.2. The molecule has 1 rings (SSSR count). The van der Waals surface area contributed by atoms with Gasteiger partial charge in [0.1, 0.15) is 6.10 Å². The first kappa shape index (κ1) is 20.0. The Bertz CT molecular complexity index is 368. The van der Waals surface area contributed by atoms with E-state index in [0.29, 0.717) is 0 Å². The molecule has 2 heteroatoms. The molecule has 0 aromatic carbocycles. The predicted octanol–water partition coefficient (Wildman–Crippen LogP) is 6.51. The third kappa shape index (κ3) is 10.4. The fourth-order valence-electron chi connectivity index (χ4n) is 3.03. The van der Waals surface area contributed by atoms with Gasteiger partial charge in [0.2, 0.25) is 0 Å². The molecule has 0 radical (unpaired) electrons. The standard InChI is InChI=1S/C21H36O2/c1-3-4-5-6-7-8-9-10-11-12-13-14-15-16-17-20-18-19(2)23-21(20)22/h13-14,18-19H,3-12,15-17H2,1-2H3. The lowest BCUT2D eigenvalue weighted by atomic mass is 10.1. The smallest absolute Gasteiger partial charge is 0.334 e. The first-order chi connectivity index (χ1) is 11.2. The first-order valence-corrected chi connectivity index (χ1v) is 9.80. The number of cyclic esters (lactones) is 1. The molecular formula is C21H36O2. The van der Waals surface area contributed by atoms with E-state index in [4.69, 9.17) is 4.74 Å². The quantitative estimate of drug-likeness (QED) is 0.207. The molecule has 2 nitrogen and oxygen atoms in total. The van der Waals surface area contributed by atoms with Crippen LogP contribution in [0.15, 0.2) is 23.8 Å². The van der Waals surface area contributed by atoms with Crippen molar-refractivity contribution < 1.29 is 9.53 Å². The minimum atomic E-state index is -0.115. The van der Waals surface area contributed by atoms with Gasteiger partial charge in [-0.2, -0.15) is 0 Å². The average molecular weight is 321 g/mol. The van der Waals surface area contributed by atoms with E-state index in [1.54, 1.807) is 0 Å². The third-order valence-corrected chi connectivity index (χ3v) is 4.45. The van der Waals surface area contributed by atoms with Crippen molar-refractivity contribution in [2.45, 2.75) is 103 Å². The SMILES string of the molecule is CCCCCCCCCCCC=CCCCC1=CC(C)OC1=O. The van der Waals surface area contributed by atoms with Crippen LogP contribution in [0.2, 0.25) is 0 Å². The van der Waals surface area contributed by atoms with Crippen molar-refractivity contribution in [3.8, 4) is 0 Å². The van der Waals surface area contributed by atoms with Crippen LogP contribution in [0.1, 0.15) is 97.3 Å². The Balaban J connectivity index is 1.84. The maximum Gasteiger partial charge on any atom is 0.334 e. The fourth-order valence-corrected chi connectivity index (χ4v) is 3.03. The topological polar surface area (TPSA) is 26.3 Å². The van der Waals surface area contributed by atoms with E-state index < -0.39 is 0 Å². The Morgan fingerprint density at radius 2 is 1.48 bits per heavy atom. The highest BCUT2D eigenvalue weighted by molar-refractivity contribution is 5.90. The molecular weight excluding hydrogens is 284 g/mol. The van der Waals surface area contributed by atoms with Gasteiger partial charge in [-0.25, -0.2) is 4.79 Å². The second kappa shape index (κ2) is 13.4. The summed E-state index contributed by atoms with van der Waals surface area (Å²) in [4.78, 5) is 11.4. The van der Waals surface area contributed by atoms with E-state index in [0.717, 1.165) is 24.8 Å². The van der Waals surface area contributed by atoms with Gasteiger partial charge in [-0.05, 0) is 45.1 Å². The van der Waals surface area contributed by atoms with E-state index in [1.807, 2.05) is 13.0 Å². The van der Waals surface area contributed by atoms with Gasteiger partial charge in [0, 0.05) is 5.57 Å². The van der Waals surface area contributed by atoms with Crippen LogP contribution in [0.3, 0.4) is 0 Å². The van der Waals surface area contributed by atoms with E-state index in [2.05, 4.69) is 19.1 Å². The van der Waals surface area contributed by atoms with Crippen molar-refractivity contribution in [1.29, 1.82) is 0 Å². The number of hydrogen-bond acceptors (Lipinski definition) is 2. The van der Waals surface area contributed by atoms with Gasteiger partial charge >= 0.3 is 5.97 Å². The van der Waals surface area contributed by atoms with Gasteiger partial charge in [-0.1, -0.05) is 70.4 Å². The molecule has 0 aromatic heterocycles. The molecule has 0 fully saturated rings. The number of esters is 1. The normalized spacial score (nSPS) is 17.7. The zero-order valence-electron chi connectivity index (χ0n) is 15.3. The summed E-state index contributed by atoms with van der Waals surface area (Å²) >= 11 is 0. The Labute approximate surface area is 143 Å². The van der Waals surface area contributed by atoms with E-state index in [-0.39, 0.29) is 12.1 Å². The van der Waals surface area contributed by atoms with Crippen molar-refractivity contribution in [2.75, 3.05) is 0 Å². The minimum Gasteiger partial charge on any atom is -0.455 e. The van der Waals surface area contributed by atoms with Gasteiger partial charge in [0.25, 0.3) is 0 Å². The summed E-state index contributed by atoms with van der Waals surface area (Å²) in [6, 6.07) is 0. The second-order valence-corrected chi connectivity index (χ2v) is 6.78. The van der Waals surface area contributed by atoms with Crippen molar-refractivity contribution in [2.24, 2.45) is 0 Å². The monoisotopic (exact) mass is 320 g/mol. The highest BCUT2D eigenvalue weighted by atomic mass is 16.5. The van der Waals surface area contributed by atoms with Crippen LogP contribution >= 0.6 is 0 Å². The zero-order chi connectivity index (χ0) is 16.8. The molecule has 0 N–H and O–H groups in total. The molecule has 0 saturated heterocycles. The highest BCUT2D eigenvalue weighted by Crippen LogP contribution is 2.18. The Kier molecular flexibility index (Phi) is 11.6. The lowest BCUT2D eigenvalue weighted by Crippen LogP contribution is -2.03. The van der Waals surface area contributed by atoms with Gasteiger partial charge in [0.15, 0.2) is 0 Å². The van der Waals surface area contributed by atoms with Gasteiger partial charge in [0.05, 0.1) is 0 Å². The maximum atomic E-state index is 11.4. The highest BCUT2D eigenvalue weighted by Gasteiger charge is 2.20. The van der Waals surface area contributed by atoms with Crippen LogP contribution < -0.4 is 0 Å². The van der Waals surface area contributed by atoms with Crippen molar-refractivity contribution in [3.05, 3.63) is 23.8 Å². The van der Waals surface area contributed by atoms with Crippen LogP contribution in [0.4, 0.5) is 0 Å². The molecule has 1 aliphatic rings. The average Bonchev–Trinajstić information content (AvgIpc) is 2.85. The molecule has 0 aromatic rings. The van der Waals surface area contributed by atoms with Crippen molar-refractivity contribution >= 4 is 5.97 Å². The molecule has 23 heavy (non-hydrogen) atoms. The number of carbonyl (C=O) groups excluding carboxylic acids is 1. The van der Waals surface area contributed by atoms with Crippen LogP contribution in [0.25, 0.3) is 0 Å². The Morgan fingerprint density at radius 3 is 2.04 bits per heavy atom. The summed E-state index contributed by atoms with van der Waals surface area (Å²) in [5, 5.41) is 0. The Hall–Kier alpha value is -1.05. The second-order valence-electron chi connectivity index (χ2n) is 6.78. The first-order valence-electron chi connectivity index (χ1n) is 9.80. The Morgan fingerprint density at radius 1 is 0.913 bits per heavy atom. The predicted molar refractivity (Wildman–Crippen MR) is 98.5 cm³/mol. The summed E-state index contributed by atoms with van der Waals surface area (Å²) in [7, 11) is 0. The molecule has 1 heterocycles.